The number of carboxylic acid groups (broad SMARTS) is 2. The molecule has 0 fully saturated rings. The minimum atomic E-state index is -0.908. The first-order chi connectivity index (χ1) is 14.5. The second kappa shape index (κ2) is 32.4. The van der Waals surface area contributed by atoms with Crippen molar-refractivity contribution < 1.29 is 19.8 Å². The maximum atomic E-state index is 10.1. The fourth-order valence-corrected chi connectivity index (χ4v) is 3.51. The fraction of sp³-hybridized carbons (Fsp3) is 0.923. The van der Waals surface area contributed by atoms with E-state index < -0.39 is 11.9 Å². The monoisotopic (exact) mass is 466 g/mol. The number of rotatable bonds is 22. The Balaban J connectivity index is -0.000000490. The Bertz CT molecular complexity index is 327. The van der Waals surface area contributed by atoms with Crippen LogP contribution in [0.4, 0.5) is 0 Å². The van der Waals surface area contributed by atoms with E-state index in [0.717, 1.165) is 25.7 Å². The Morgan fingerprint density at radius 2 is 0.613 bits per heavy atom. The van der Waals surface area contributed by atoms with E-state index >= 15 is 0 Å². The van der Waals surface area contributed by atoms with E-state index in [1.165, 1.54) is 103 Å². The number of carbonyl (C=O) groups is 2. The molecular weight excluding hydrogens is 416 g/mol. The van der Waals surface area contributed by atoms with Gasteiger partial charge in [-0.15, -0.1) is 0 Å². The summed E-state index contributed by atoms with van der Waals surface area (Å²) in [6, 6.07) is 0. The molecule has 0 N–H and O–H groups in total. The topological polar surface area (TPSA) is 80.3 Å². The van der Waals surface area contributed by atoms with Crippen molar-refractivity contribution in [2.45, 2.75) is 155 Å². The van der Waals surface area contributed by atoms with Gasteiger partial charge in [0.25, 0.3) is 0 Å². The molecule has 5 heteroatoms. The van der Waals surface area contributed by atoms with Gasteiger partial charge in [0.05, 0.1) is 0 Å². The van der Waals surface area contributed by atoms with Gasteiger partial charge in [-0.25, -0.2) is 0 Å². The summed E-state index contributed by atoms with van der Waals surface area (Å²) in [6.07, 6.45) is 25.2. The molecule has 0 aromatic carbocycles. The van der Waals surface area contributed by atoms with Gasteiger partial charge in [0, 0.05) is 11.9 Å². The first kappa shape index (κ1) is 35.8. The predicted molar refractivity (Wildman–Crippen MR) is 129 cm³/mol. The summed E-state index contributed by atoms with van der Waals surface area (Å²) < 4.78 is 0. The molecule has 0 bridgehead atoms. The maximum Gasteiger partial charge on any atom is 2.00 e. The van der Waals surface area contributed by atoms with Gasteiger partial charge < -0.3 is 19.8 Å². The summed E-state index contributed by atoms with van der Waals surface area (Å²) >= 11 is 0. The largest absolute Gasteiger partial charge is 2.00 e. The summed E-state index contributed by atoms with van der Waals surface area (Å²) in [6.45, 7) is 4.47. The first-order valence-electron chi connectivity index (χ1n) is 12.9. The average Bonchev–Trinajstić information content (AvgIpc) is 2.71. The van der Waals surface area contributed by atoms with Crippen LogP contribution in [0.2, 0.25) is 0 Å². The van der Waals surface area contributed by atoms with Crippen molar-refractivity contribution in [3.63, 3.8) is 0 Å². The van der Waals surface area contributed by atoms with Gasteiger partial charge in [-0.2, -0.15) is 0 Å². The van der Waals surface area contributed by atoms with Crippen molar-refractivity contribution in [2.75, 3.05) is 0 Å². The Morgan fingerprint density at radius 3 is 0.806 bits per heavy atom. The van der Waals surface area contributed by atoms with Crippen molar-refractivity contribution in [1.29, 1.82) is 0 Å². The Morgan fingerprint density at radius 1 is 0.419 bits per heavy atom. The third-order valence-corrected chi connectivity index (χ3v) is 5.47. The van der Waals surface area contributed by atoms with Crippen LogP contribution in [0.15, 0.2) is 0 Å². The van der Waals surface area contributed by atoms with E-state index in [1.54, 1.807) is 0 Å². The van der Waals surface area contributed by atoms with Crippen LogP contribution < -0.4 is 10.2 Å². The zero-order chi connectivity index (χ0) is 22.7. The molecule has 0 rings (SSSR count). The molecule has 0 amide bonds. The smallest absolute Gasteiger partial charge is 0.550 e. The second-order valence-electron chi connectivity index (χ2n) is 8.61. The zero-order valence-electron chi connectivity index (χ0n) is 20.9. The van der Waals surface area contributed by atoms with Gasteiger partial charge in [0.1, 0.15) is 0 Å². The van der Waals surface area contributed by atoms with Gasteiger partial charge >= 0.3 is 37.7 Å². The molecule has 0 aliphatic rings. The van der Waals surface area contributed by atoms with Gasteiger partial charge in [-0.3, -0.25) is 0 Å². The molecule has 0 aliphatic heterocycles. The minimum absolute atomic E-state index is 0. The quantitative estimate of drug-likeness (QED) is 0.151. The molecule has 0 spiro atoms. The molecule has 180 valence electrons. The third kappa shape index (κ3) is 41.0. The van der Waals surface area contributed by atoms with E-state index in [2.05, 4.69) is 13.8 Å². The molecule has 0 saturated heterocycles. The van der Waals surface area contributed by atoms with Crippen LogP contribution in [-0.2, 0) is 9.59 Å². The molecule has 0 aliphatic carbocycles. The standard InChI is InChI=1S/2C13H26O2.Ca/c2*1-2-3-4-5-6-7-8-9-10-11-12-13(14)15;/h2*2-12H2,1H3,(H,14,15);/q;;+2/p-2. The van der Waals surface area contributed by atoms with Crippen LogP contribution in [-0.4, -0.2) is 49.7 Å². The maximum absolute atomic E-state index is 10.1. The van der Waals surface area contributed by atoms with Gasteiger partial charge in [0.15, 0.2) is 0 Å². The molecule has 0 aromatic rings. The zero-order valence-corrected chi connectivity index (χ0v) is 23.1. The SMILES string of the molecule is CCCCCCCCCCCCC(=O)[O-].CCCCCCCCCCCCC(=O)[O-].[Ca+2]. The van der Waals surface area contributed by atoms with Crippen molar-refractivity contribution in [3.8, 4) is 0 Å². The summed E-state index contributed by atoms with van der Waals surface area (Å²) in [7, 11) is 0. The van der Waals surface area contributed by atoms with Crippen LogP contribution in [0.1, 0.15) is 155 Å². The molecule has 0 atom stereocenters. The number of hydrogen-bond donors (Lipinski definition) is 0. The summed E-state index contributed by atoms with van der Waals surface area (Å²) in [5.41, 5.74) is 0. The Labute approximate surface area is 223 Å². The van der Waals surface area contributed by atoms with Gasteiger partial charge in [-0.05, 0) is 25.7 Å². The molecule has 0 radical (unpaired) electrons. The summed E-state index contributed by atoms with van der Waals surface area (Å²) in [5.74, 6) is -1.82. The molecule has 31 heavy (non-hydrogen) atoms. The number of aliphatic carboxylic acids is 2. The van der Waals surface area contributed by atoms with Crippen molar-refractivity contribution in [3.05, 3.63) is 0 Å². The Kier molecular flexibility index (Phi) is 37.4. The number of unbranched alkanes of at least 4 members (excludes halogenated alkanes) is 18. The van der Waals surface area contributed by atoms with Gasteiger partial charge in [0.2, 0.25) is 0 Å². The molecule has 0 unspecified atom stereocenters. The average molecular weight is 467 g/mol. The predicted octanol–water partition coefficient (Wildman–Crippen LogP) is 5.71. The molecule has 0 heterocycles. The number of carboxylic acids is 2. The van der Waals surface area contributed by atoms with Crippen LogP contribution >= 0.6 is 0 Å². The van der Waals surface area contributed by atoms with E-state index in [1.807, 2.05) is 0 Å². The van der Waals surface area contributed by atoms with Crippen molar-refractivity contribution in [1.82, 2.24) is 0 Å². The van der Waals surface area contributed by atoms with E-state index in [-0.39, 0.29) is 50.6 Å². The van der Waals surface area contributed by atoms with Crippen molar-refractivity contribution >= 4 is 49.7 Å². The van der Waals surface area contributed by atoms with Crippen LogP contribution in [0, 0.1) is 0 Å². The number of carbonyl (C=O) groups excluding carboxylic acids is 2. The number of hydrogen-bond acceptors (Lipinski definition) is 4. The summed E-state index contributed by atoms with van der Waals surface area (Å²) in [4.78, 5) is 20.2. The van der Waals surface area contributed by atoms with E-state index in [4.69, 9.17) is 0 Å². The van der Waals surface area contributed by atoms with Crippen LogP contribution in [0.5, 0.6) is 0 Å². The van der Waals surface area contributed by atoms with E-state index in [0.29, 0.717) is 0 Å². The molecule has 0 saturated carbocycles. The van der Waals surface area contributed by atoms with Crippen molar-refractivity contribution in [2.24, 2.45) is 0 Å². The fourth-order valence-electron chi connectivity index (χ4n) is 3.51. The van der Waals surface area contributed by atoms with Crippen LogP contribution in [0.3, 0.4) is 0 Å². The Hall–Kier alpha value is 0.200. The molecular formula is C26H50CaO4. The first-order valence-corrected chi connectivity index (χ1v) is 12.9. The molecule has 4 nitrogen and oxygen atoms in total. The third-order valence-electron chi connectivity index (χ3n) is 5.47. The molecule has 0 aromatic heterocycles. The second-order valence-corrected chi connectivity index (χ2v) is 8.61. The van der Waals surface area contributed by atoms with Gasteiger partial charge in [-0.1, -0.05) is 129 Å². The normalized spacial score (nSPS) is 10.1. The minimum Gasteiger partial charge on any atom is -0.550 e. The van der Waals surface area contributed by atoms with E-state index in [9.17, 15) is 19.8 Å². The van der Waals surface area contributed by atoms with Crippen LogP contribution in [0.25, 0.3) is 0 Å². The summed E-state index contributed by atoms with van der Waals surface area (Å²) in [5, 5.41) is 20.2.